The summed E-state index contributed by atoms with van der Waals surface area (Å²) in [6.07, 6.45) is 1.49. The highest BCUT2D eigenvalue weighted by Crippen LogP contribution is 2.24. The quantitative estimate of drug-likeness (QED) is 0.562. The lowest BCUT2D eigenvalue weighted by Crippen LogP contribution is -2.21. The van der Waals surface area contributed by atoms with E-state index in [1.54, 1.807) is 18.2 Å². The Balaban J connectivity index is 1.81. The molecule has 0 atom stereocenters. The minimum absolute atomic E-state index is 0.0251. The van der Waals surface area contributed by atoms with Crippen LogP contribution in [0.25, 0.3) is 0 Å². The fourth-order valence-corrected chi connectivity index (χ4v) is 2.52. The highest BCUT2D eigenvalue weighted by Gasteiger charge is 2.08. The van der Waals surface area contributed by atoms with Gasteiger partial charge in [-0.1, -0.05) is 47.5 Å². The van der Waals surface area contributed by atoms with Crippen LogP contribution in [0.5, 0.6) is 0 Å². The predicted octanol–water partition coefficient (Wildman–Crippen LogP) is 4.48. The number of nitrogens with one attached hydrogen (secondary N) is 2. The molecule has 0 saturated carbocycles. The van der Waals surface area contributed by atoms with Gasteiger partial charge in [-0.2, -0.15) is 5.10 Å². The van der Waals surface area contributed by atoms with Gasteiger partial charge in [0.1, 0.15) is 0 Å². The molecule has 2 aromatic carbocycles. The van der Waals surface area contributed by atoms with Crippen LogP contribution in [0.15, 0.2) is 41.5 Å². The van der Waals surface area contributed by atoms with Crippen molar-refractivity contribution in [3.05, 3.63) is 63.1 Å². The molecule has 0 radical (unpaired) electrons. The Kier molecular flexibility index (Phi) is 7.18. The van der Waals surface area contributed by atoms with Crippen LogP contribution in [0.4, 0.5) is 5.69 Å². The summed E-state index contributed by atoms with van der Waals surface area (Å²) in [5.41, 5.74) is 5.73. The molecule has 5 nitrogen and oxygen atoms in total. The topological polar surface area (TPSA) is 70.6 Å². The number of halogens is 2. The van der Waals surface area contributed by atoms with Crippen LogP contribution in [0.2, 0.25) is 10.0 Å². The first-order valence-corrected chi connectivity index (χ1v) is 8.75. The average Bonchev–Trinajstić information content (AvgIpc) is 2.60. The molecule has 0 spiro atoms. The molecule has 0 aliphatic rings. The molecule has 0 unspecified atom stereocenters. The van der Waals surface area contributed by atoms with E-state index in [2.05, 4.69) is 15.8 Å². The van der Waals surface area contributed by atoms with Crippen LogP contribution in [0.1, 0.15) is 29.5 Å². The zero-order valence-corrected chi connectivity index (χ0v) is 16.0. The van der Waals surface area contributed by atoms with Crippen LogP contribution in [0, 0.1) is 13.8 Å². The van der Waals surface area contributed by atoms with Gasteiger partial charge >= 0.3 is 0 Å². The molecule has 0 aliphatic heterocycles. The number of anilines is 1. The second-order valence-electron chi connectivity index (χ2n) is 5.80. The van der Waals surface area contributed by atoms with Gasteiger partial charge < -0.3 is 5.32 Å². The van der Waals surface area contributed by atoms with Crippen LogP contribution >= 0.6 is 23.2 Å². The van der Waals surface area contributed by atoms with E-state index < -0.39 is 0 Å². The summed E-state index contributed by atoms with van der Waals surface area (Å²) in [5.74, 6) is -0.591. The van der Waals surface area contributed by atoms with E-state index in [0.717, 1.165) is 16.8 Å². The van der Waals surface area contributed by atoms with Crippen LogP contribution in [-0.4, -0.2) is 18.0 Å². The molecule has 2 N–H and O–H groups in total. The number of hydrogen-bond donors (Lipinski definition) is 2. The third-order valence-electron chi connectivity index (χ3n) is 3.62. The number of amides is 2. The maximum Gasteiger partial charge on any atom is 0.240 e. The fourth-order valence-electron chi connectivity index (χ4n) is 2.16. The molecule has 136 valence electrons. The number of aryl methyl sites for hydroxylation is 2. The Labute approximate surface area is 162 Å². The van der Waals surface area contributed by atoms with E-state index in [0.29, 0.717) is 15.6 Å². The largest absolute Gasteiger partial charge is 0.326 e. The normalized spacial score (nSPS) is 10.8. The van der Waals surface area contributed by atoms with E-state index in [1.807, 2.05) is 32.0 Å². The highest BCUT2D eigenvalue weighted by molar-refractivity contribution is 6.43. The lowest BCUT2D eigenvalue weighted by atomic mass is 10.1. The van der Waals surface area contributed by atoms with Gasteiger partial charge in [0.15, 0.2) is 0 Å². The first-order valence-electron chi connectivity index (χ1n) is 8.00. The van der Waals surface area contributed by atoms with Gasteiger partial charge in [0, 0.05) is 24.1 Å². The Morgan fingerprint density at radius 3 is 2.58 bits per heavy atom. The number of carbonyl (C=O) groups is 2. The number of carbonyl (C=O) groups excluding carboxylic acids is 2. The van der Waals surface area contributed by atoms with E-state index in [-0.39, 0.29) is 24.7 Å². The standard InChI is InChI=1S/C19H19Cl2N3O2/c1-12-6-7-13(2)16(10-12)23-17(25)8-9-18(26)24-22-11-14-4-3-5-15(20)19(14)21/h3-7,10-11H,8-9H2,1-2H3,(H,23,25)(H,24,26). The predicted molar refractivity (Wildman–Crippen MR) is 106 cm³/mol. The van der Waals surface area contributed by atoms with Gasteiger partial charge in [-0.15, -0.1) is 0 Å². The molecule has 0 saturated heterocycles. The summed E-state index contributed by atoms with van der Waals surface area (Å²) in [4.78, 5) is 23.8. The third-order valence-corrected chi connectivity index (χ3v) is 4.45. The number of benzene rings is 2. The molecule has 0 heterocycles. The second kappa shape index (κ2) is 9.36. The Morgan fingerprint density at radius 1 is 1.08 bits per heavy atom. The van der Waals surface area contributed by atoms with Crippen molar-refractivity contribution in [2.75, 3.05) is 5.32 Å². The van der Waals surface area contributed by atoms with Gasteiger partial charge in [0.05, 0.1) is 16.3 Å². The fraction of sp³-hybridized carbons (Fsp3) is 0.211. The molecule has 2 amide bonds. The second-order valence-corrected chi connectivity index (χ2v) is 6.59. The van der Waals surface area contributed by atoms with Crippen molar-refractivity contribution >= 4 is 46.9 Å². The van der Waals surface area contributed by atoms with Crippen LogP contribution < -0.4 is 10.7 Å². The molecule has 7 heteroatoms. The van der Waals surface area contributed by atoms with Gasteiger partial charge in [-0.25, -0.2) is 5.43 Å². The molecule has 2 rings (SSSR count). The maximum atomic E-state index is 12.0. The summed E-state index contributed by atoms with van der Waals surface area (Å²) < 4.78 is 0. The SMILES string of the molecule is Cc1ccc(C)c(NC(=O)CCC(=O)NN=Cc2cccc(Cl)c2Cl)c1. The van der Waals surface area contributed by atoms with Crippen molar-refractivity contribution in [3.63, 3.8) is 0 Å². The molecular formula is C19H19Cl2N3O2. The molecule has 0 aromatic heterocycles. The van der Waals surface area contributed by atoms with Crippen molar-refractivity contribution in [2.45, 2.75) is 26.7 Å². The summed E-state index contributed by atoms with van der Waals surface area (Å²) in [6.45, 7) is 3.87. The first kappa shape index (κ1) is 19.9. The van der Waals surface area contributed by atoms with Crippen molar-refractivity contribution in [1.29, 1.82) is 0 Å². The van der Waals surface area contributed by atoms with E-state index in [1.165, 1.54) is 6.21 Å². The number of hydrazone groups is 1. The molecular weight excluding hydrogens is 373 g/mol. The average molecular weight is 392 g/mol. The van der Waals surface area contributed by atoms with Crippen molar-refractivity contribution in [3.8, 4) is 0 Å². The summed E-state index contributed by atoms with van der Waals surface area (Å²) >= 11 is 11.9. The molecule has 0 aliphatic carbocycles. The van der Waals surface area contributed by atoms with E-state index >= 15 is 0 Å². The van der Waals surface area contributed by atoms with Crippen LogP contribution in [-0.2, 0) is 9.59 Å². The minimum Gasteiger partial charge on any atom is -0.326 e. The number of nitrogens with zero attached hydrogens (tertiary/aromatic N) is 1. The highest BCUT2D eigenvalue weighted by atomic mass is 35.5. The van der Waals surface area contributed by atoms with Crippen molar-refractivity contribution in [2.24, 2.45) is 5.10 Å². The number of hydrogen-bond acceptors (Lipinski definition) is 3. The van der Waals surface area contributed by atoms with Crippen LogP contribution in [0.3, 0.4) is 0 Å². The van der Waals surface area contributed by atoms with E-state index in [9.17, 15) is 9.59 Å². The zero-order chi connectivity index (χ0) is 19.1. The van der Waals surface area contributed by atoms with Gasteiger partial charge in [-0.3, -0.25) is 9.59 Å². The maximum absolute atomic E-state index is 12.0. The third kappa shape index (κ3) is 5.86. The molecule has 0 bridgehead atoms. The Hall–Kier alpha value is -2.37. The lowest BCUT2D eigenvalue weighted by Gasteiger charge is -2.09. The Bertz CT molecular complexity index is 851. The Morgan fingerprint density at radius 2 is 1.81 bits per heavy atom. The smallest absolute Gasteiger partial charge is 0.240 e. The van der Waals surface area contributed by atoms with Gasteiger partial charge in [-0.05, 0) is 37.1 Å². The monoisotopic (exact) mass is 391 g/mol. The zero-order valence-electron chi connectivity index (χ0n) is 14.5. The first-order chi connectivity index (χ1) is 12.4. The molecule has 26 heavy (non-hydrogen) atoms. The van der Waals surface area contributed by atoms with Gasteiger partial charge in [0.25, 0.3) is 0 Å². The van der Waals surface area contributed by atoms with Crippen molar-refractivity contribution in [1.82, 2.24) is 5.43 Å². The molecule has 0 fully saturated rings. The summed E-state index contributed by atoms with van der Waals surface area (Å²) in [5, 5.41) is 7.41. The number of rotatable bonds is 6. The van der Waals surface area contributed by atoms with Crippen molar-refractivity contribution < 1.29 is 9.59 Å². The summed E-state index contributed by atoms with van der Waals surface area (Å²) in [7, 11) is 0. The van der Waals surface area contributed by atoms with E-state index in [4.69, 9.17) is 23.2 Å². The van der Waals surface area contributed by atoms with Gasteiger partial charge in [0.2, 0.25) is 11.8 Å². The minimum atomic E-state index is -0.365. The molecule has 2 aromatic rings. The summed E-state index contributed by atoms with van der Waals surface area (Å²) in [6, 6.07) is 10.9. The lowest BCUT2D eigenvalue weighted by molar-refractivity contribution is -0.124.